The molecule has 0 aliphatic carbocycles. The molecule has 0 spiro atoms. The molecule has 5 nitrogen and oxygen atoms in total. The normalized spacial score (nSPS) is 10.3. The first-order valence-corrected chi connectivity index (χ1v) is 8.40. The van der Waals surface area contributed by atoms with Crippen molar-refractivity contribution in [1.82, 2.24) is 5.32 Å². The number of para-hydroxylation sites is 1. The molecular weight excluding hydrogens is 312 g/mol. The lowest BCUT2D eigenvalue weighted by atomic mass is 10.1. The molecule has 122 valence electrons. The van der Waals surface area contributed by atoms with Gasteiger partial charge >= 0.3 is 0 Å². The van der Waals surface area contributed by atoms with Gasteiger partial charge in [-0.05, 0) is 36.9 Å². The molecule has 2 rings (SSSR count). The number of rotatable bonds is 8. The monoisotopic (exact) mass is 332 g/mol. The van der Waals surface area contributed by atoms with E-state index in [9.17, 15) is 9.59 Å². The Morgan fingerprint density at radius 1 is 1.13 bits per heavy atom. The van der Waals surface area contributed by atoms with E-state index in [1.165, 1.54) is 11.3 Å². The van der Waals surface area contributed by atoms with Crippen LogP contribution < -0.4 is 10.6 Å². The third-order valence-electron chi connectivity index (χ3n) is 3.12. The van der Waals surface area contributed by atoms with Gasteiger partial charge in [-0.1, -0.05) is 18.2 Å². The van der Waals surface area contributed by atoms with Crippen molar-refractivity contribution in [2.24, 2.45) is 0 Å². The molecule has 0 saturated carbocycles. The molecule has 0 atom stereocenters. The van der Waals surface area contributed by atoms with Crippen molar-refractivity contribution in [3.63, 3.8) is 0 Å². The van der Waals surface area contributed by atoms with Crippen molar-refractivity contribution in [2.75, 3.05) is 25.1 Å². The second-order valence-corrected chi connectivity index (χ2v) is 5.73. The summed E-state index contributed by atoms with van der Waals surface area (Å²) in [4.78, 5) is 25.0. The smallest absolute Gasteiger partial charge is 0.265 e. The minimum Gasteiger partial charge on any atom is -0.382 e. The molecule has 1 aromatic heterocycles. The number of anilines is 1. The minimum atomic E-state index is -0.211. The summed E-state index contributed by atoms with van der Waals surface area (Å²) in [5.41, 5.74) is 0.960. The number of nitrogens with one attached hydrogen (secondary N) is 2. The van der Waals surface area contributed by atoms with Gasteiger partial charge in [0.25, 0.3) is 11.8 Å². The molecule has 2 N–H and O–H groups in total. The quantitative estimate of drug-likeness (QED) is 0.730. The van der Waals surface area contributed by atoms with Crippen LogP contribution in [0.15, 0.2) is 41.8 Å². The topological polar surface area (TPSA) is 67.4 Å². The summed E-state index contributed by atoms with van der Waals surface area (Å²) in [6, 6.07) is 10.5. The van der Waals surface area contributed by atoms with Gasteiger partial charge in [-0.25, -0.2) is 0 Å². The van der Waals surface area contributed by atoms with Crippen molar-refractivity contribution >= 4 is 28.8 Å². The lowest BCUT2D eigenvalue weighted by Gasteiger charge is -2.11. The van der Waals surface area contributed by atoms with Gasteiger partial charge in [-0.15, -0.1) is 11.3 Å². The van der Waals surface area contributed by atoms with Crippen LogP contribution in [0.25, 0.3) is 0 Å². The van der Waals surface area contributed by atoms with Gasteiger partial charge in [-0.2, -0.15) is 0 Å². The molecule has 0 aliphatic heterocycles. The molecule has 2 amide bonds. The molecule has 2 aromatic rings. The van der Waals surface area contributed by atoms with Crippen molar-refractivity contribution in [2.45, 2.75) is 13.3 Å². The largest absolute Gasteiger partial charge is 0.382 e. The Morgan fingerprint density at radius 3 is 2.70 bits per heavy atom. The molecule has 1 heterocycles. The zero-order valence-electron chi connectivity index (χ0n) is 13.0. The van der Waals surface area contributed by atoms with E-state index in [1.54, 1.807) is 30.3 Å². The van der Waals surface area contributed by atoms with Gasteiger partial charge in [0.15, 0.2) is 0 Å². The zero-order valence-corrected chi connectivity index (χ0v) is 13.8. The first kappa shape index (κ1) is 17.2. The standard InChI is InChI=1S/C17H20N2O3S/c1-2-22-11-6-10-18-16(20)13-7-3-4-8-14(13)19-17(21)15-9-5-12-23-15/h3-5,7-9,12H,2,6,10-11H2,1H3,(H,18,20)(H,19,21). The summed E-state index contributed by atoms with van der Waals surface area (Å²) >= 11 is 1.36. The van der Waals surface area contributed by atoms with Crippen LogP contribution >= 0.6 is 11.3 Å². The summed E-state index contributed by atoms with van der Waals surface area (Å²) < 4.78 is 5.23. The van der Waals surface area contributed by atoms with Crippen molar-refractivity contribution in [3.05, 3.63) is 52.2 Å². The lowest BCUT2D eigenvalue weighted by Crippen LogP contribution is -2.26. The summed E-state index contributed by atoms with van der Waals surface area (Å²) in [5.74, 6) is -0.417. The molecular formula is C17H20N2O3S. The van der Waals surface area contributed by atoms with E-state index in [-0.39, 0.29) is 11.8 Å². The van der Waals surface area contributed by atoms with E-state index in [1.807, 2.05) is 18.4 Å². The summed E-state index contributed by atoms with van der Waals surface area (Å²) in [6.45, 7) is 3.76. The van der Waals surface area contributed by atoms with Gasteiger partial charge in [-0.3, -0.25) is 9.59 Å². The van der Waals surface area contributed by atoms with Crippen LogP contribution in [0.4, 0.5) is 5.69 Å². The fourth-order valence-electron chi connectivity index (χ4n) is 2.00. The first-order valence-electron chi connectivity index (χ1n) is 7.52. The average molecular weight is 332 g/mol. The number of carbonyl (C=O) groups excluding carboxylic acids is 2. The van der Waals surface area contributed by atoms with E-state index in [0.717, 1.165) is 6.42 Å². The minimum absolute atomic E-state index is 0.205. The molecule has 0 fully saturated rings. The third kappa shape index (κ3) is 5.19. The summed E-state index contributed by atoms with van der Waals surface area (Å²) in [6.07, 6.45) is 0.753. The van der Waals surface area contributed by atoms with E-state index in [2.05, 4.69) is 10.6 Å². The summed E-state index contributed by atoms with van der Waals surface area (Å²) in [5, 5.41) is 7.47. The van der Waals surface area contributed by atoms with Gasteiger partial charge in [0.2, 0.25) is 0 Å². The SMILES string of the molecule is CCOCCCNC(=O)c1ccccc1NC(=O)c1cccs1. The number of amides is 2. The van der Waals surface area contributed by atoms with Crippen LogP contribution in [-0.4, -0.2) is 31.6 Å². The van der Waals surface area contributed by atoms with Crippen LogP contribution in [-0.2, 0) is 4.74 Å². The molecule has 0 radical (unpaired) electrons. The maximum Gasteiger partial charge on any atom is 0.265 e. The fourth-order valence-corrected chi connectivity index (χ4v) is 2.62. The molecule has 0 aliphatic rings. The van der Waals surface area contributed by atoms with E-state index in [0.29, 0.717) is 35.9 Å². The van der Waals surface area contributed by atoms with Gasteiger partial charge in [0.05, 0.1) is 16.1 Å². The van der Waals surface area contributed by atoms with Gasteiger partial charge in [0.1, 0.15) is 0 Å². The Kier molecular flexibility index (Phi) is 6.77. The highest BCUT2D eigenvalue weighted by Crippen LogP contribution is 2.17. The predicted molar refractivity (Wildman–Crippen MR) is 92.2 cm³/mol. The second-order valence-electron chi connectivity index (χ2n) is 4.78. The predicted octanol–water partition coefficient (Wildman–Crippen LogP) is 3.16. The first-order chi connectivity index (χ1) is 11.2. The van der Waals surface area contributed by atoms with Crippen molar-refractivity contribution in [1.29, 1.82) is 0 Å². The molecule has 0 unspecified atom stereocenters. The average Bonchev–Trinajstić information content (AvgIpc) is 3.09. The Morgan fingerprint density at radius 2 is 1.96 bits per heavy atom. The molecule has 0 bridgehead atoms. The number of hydrogen-bond donors (Lipinski definition) is 2. The lowest BCUT2D eigenvalue weighted by molar-refractivity contribution is 0.0945. The van der Waals surface area contributed by atoms with Crippen LogP contribution in [0.5, 0.6) is 0 Å². The van der Waals surface area contributed by atoms with Crippen molar-refractivity contribution < 1.29 is 14.3 Å². The van der Waals surface area contributed by atoms with Crippen molar-refractivity contribution in [3.8, 4) is 0 Å². The van der Waals surface area contributed by atoms with E-state index < -0.39 is 0 Å². The molecule has 23 heavy (non-hydrogen) atoms. The number of carbonyl (C=O) groups is 2. The van der Waals surface area contributed by atoms with Crippen LogP contribution in [0.1, 0.15) is 33.4 Å². The fraction of sp³-hybridized carbons (Fsp3) is 0.294. The van der Waals surface area contributed by atoms with Gasteiger partial charge < -0.3 is 15.4 Å². The Labute approximate surface area is 139 Å². The number of benzene rings is 1. The van der Waals surface area contributed by atoms with Crippen LogP contribution in [0.2, 0.25) is 0 Å². The highest BCUT2D eigenvalue weighted by Gasteiger charge is 2.14. The Balaban J connectivity index is 1.96. The number of hydrogen-bond acceptors (Lipinski definition) is 4. The summed E-state index contributed by atoms with van der Waals surface area (Å²) in [7, 11) is 0. The zero-order chi connectivity index (χ0) is 16.5. The van der Waals surface area contributed by atoms with Crippen LogP contribution in [0, 0.1) is 0 Å². The molecule has 1 aromatic carbocycles. The van der Waals surface area contributed by atoms with Gasteiger partial charge in [0, 0.05) is 19.8 Å². The number of thiophene rings is 1. The third-order valence-corrected chi connectivity index (χ3v) is 3.99. The van der Waals surface area contributed by atoms with E-state index >= 15 is 0 Å². The Hall–Kier alpha value is -2.18. The van der Waals surface area contributed by atoms with Crippen LogP contribution in [0.3, 0.4) is 0 Å². The highest BCUT2D eigenvalue weighted by atomic mass is 32.1. The maximum absolute atomic E-state index is 12.3. The maximum atomic E-state index is 12.3. The second kappa shape index (κ2) is 9.07. The molecule has 0 saturated heterocycles. The number of ether oxygens (including phenoxy) is 1. The molecule has 6 heteroatoms. The Bertz CT molecular complexity index is 641. The van der Waals surface area contributed by atoms with E-state index in [4.69, 9.17) is 4.74 Å². The highest BCUT2D eigenvalue weighted by molar-refractivity contribution is 7.12.